The Morgan fingerprint density at radius 3 is 2.67 bits per heavy atom. The van der Waals surface area contributed by atoms with Gasteiger partial charge in [-0.15, -0.1) is 0 Å². The van der Waals surface area contributed by atoms with E-state index in [1.807, 2.05) is 11.8 Å². The van der Waals surface area contributed by atoms with Crippen LogP contribution in [0.3, 0.4) is 0 Å². The van der Waals surface area contributed by atoms with Gasteiger partial charge in [0, 0.05) is 44.6 Å². The zero-order chi connectivity index (χ0) is 13.4. The van der Waals surface area contributed by atoms with E-state index in [1.54, 1.807) is 14.2 Å². The van der Waals surface area contributed by atoms with Crippen molar-refractivity contribution >= 4 is 11.8 Å². The molecule has 0 aromatic heterocycles. The maximum absolute atomic E-state index is 6.11. The van der Waals surface area contributed by atoms with Gasteiger partial charge in [-0.05, 0) is 25.5 Å². The van der Waals surface area contributed by atoms with Crippen molar-refractivity contribution in [3.8, 4) is 0 Å². The van der Waals surface area contributed by atoms with Gasteiger partial charge in [0.15, 0.2) is 0 Å². The molecule has 2 atom stereocenters. The molecule has 0 saturated carbocycles. The molecule has 18 heavy (non-hydrogen) atoms. The van der Waals surface area contributed by atoms with Crippen LogP contribution in [-0.4, -0.2) is 68.5 Å². The van der Waals surface area contributed by atoms with E-state index in [4.69, 9.17) is 15.2 Å². The summed E-state index contributed by atoms with van der Waals surface area (Å²) in [7, 11) is 3.51. The van der Waals surface area contributed by atoms with E-state index in [2.05, 4.69) is 11.8 Å². The molecule has 1 rings (SSSR count). The van der Waals surface area contributed by atoms with Gasteiger partial charge in [-0.2, -0.15) is 11.8 Å². The molecule has 0 amide bonds. The SMILES string of the molecule is COCCN(C(C)COC)C1(CN)CCCSC1. The Labute approximate surface area is 116 Å². The molecule has 1 saturated heterocycles. The Morgan fingerprint density at radius 1 is 1.39 bits per heavy atom. The van der Waals surface area contributed by atoms with Gasteiger partial charge in [0.1, 0.15) is 0 Å². The van der Waals surface area contributed by atoms with Crippen LogP contribution >= 0.6 is 11.8 Å². The molecular weight excluding hydrogens is 248 g/mol. The first kappa shape index (κ1) is 16.2. The van der Waals surface area contributed by atoms with E-state index in [9.17, 15) is 0 Å². The quantitative estimate of drug-likeness (QED) is 0.722. The molecule has 0 radical (unpaired) electrons. The Balaban J connectivity index is 2.76. The normalized spacial score (nSPS) is 26.5. The van der Waals surface area contributed by atoms with Gasteiger partial charge in [-0.25, -0.2) is 0 Å². The first-order chi connectivity index (χ1) is 8.70. The fourth-order valence-corrected chi connectivity index (χ4v) is 4.09. The highest BCUT2D eigenvalue weighted by Crippen LogP contribution is 2.32. The van der Waals surface area contributed by atoms with Crippen molar-refractivity contribution in [1.29, 1.82) is 0 Å². The van der Waals surface area contributed by atoms with Gasteiger partial charge in [0.2, 0.25) is 0 Å². The highest BCUT2D eigenvalue weighted by molar-refractivity contribution is 7.99. The van der Waals surface area contributed by atoms with Crippen LogP contribution in [-0.2, 0) is 9.47 Å². The van der Waals surface area contributed by atoms with E-state index < -0.39 is 0 Å². The number of thioether (sulfide) groups is 1. The Bertz CT molecular complexity index is 223. The first-order valence-corrected chi connectivity index (χ1v) is 7.88. The van der Waals surface area contributed by atoms with Crippen LogP contribution in [0.5, 0.6) is 0 Å². The monoisotopic (exact) mass is 276 g/mol. The lowest BCUT2D eigenvalue weighted by Gasteiger charge is -2.48. The maximum atomic E-state index is 6.11. The smallest absolute Gasteiger partial charge is 0.0615 e. The number of nitrogens with zero attached hydrogens (tertiary/aromatic N) is 1. The fraction of sp³-hybridized carbons (Fsp3) is 1.00. The minimum absolute atomic E-state index is 0.124. The van der Waals surface area contributed by atoms with Gasteiger partial charge in [-0.3, -0.25) is 4.90 Å². The van der Waals surface area contributed by atoms with Crippen molar-refractivity contribution in [2.24, 2.45) is 5.73 Å². The lowest BCUT2D eigenvalue weighted by Crippen LogP contribution is -2.61. The second-order valence-electron chi connectivity index (χ2n) is 5.08. The molecule has 1 fully saturated rings. The molecule has 108 valence electrons. The third kappa shape index (κ3) is 4.10. The minimum atomic E-state index is 0.124. The predicted molar refractivity (Wildman–Crippen MR) is 78.3 cm³/mol. The second kappa shape index (κ2) is 8.38. The van der Waals surface area contributed by atoms with E-state index >= 15 is 0 Å². The number of nitrogens with two attached hydrogens (primary N) is 1. The summed E-state index contributed by atoms with van der Waals surface area (Å²) in [6.45, 7) is 5.36. The molecule has 0 bridgehead atoms. The fourth-order valence-electron chi connectivity index (χ4n) is 2.79. The molecule has 5 heteroatoms. The summed E-state index contributed by atoms with van der Waals surface area (Å²) in [5.41, 5.74) is 6.23. The van der Waals surface area contributed by atoms with Crippen molar-refractivity contribution in [3.05, 3.63) is 0 Å². The molecule has 2 N–H and O–H groups in total. The highest BCUT2D eigenvalue weighted by atomic mass is 32.2. The molecule has 0 spiro atoms. The Morgan fingerprint density at radius 2 is 2.17 bits per heavy atom. The highest BCUT2D eigenvalue weighted by Gasteiger charge is 2.39. The number of ether oxygens (including phenoxy) is 2. The minimum Gasteiger partial charge on any atom is -0.383 e. The summed E-state index contributed by atoms with van der Waals surface area (Å²) in [5, 5.41) is 0. The molecule has 0 aliphatic carbocycles. The van der Waals surface area contributed by atoms with E-state index in [-0.39, 0.29) is 5.54 Å². The van der Waals surface area contributed by atoms with Crippen molar-refractivity contribution in [1.82, 2.24) is 4.90 Å². The van der Waals surface area contributed by atoms with Gasteiger partial charge in [0.05, 0.1) is 13.2 Å². The topological polar surface area (TPSA) is 47.7 Å². The summed E-state index contributed by atoms with van der Waals surface area (Å²) in [6.07, 6.45) is 2.44. The average Bonchev–Trinajstić information content (AvgIpc) is 2.40. The lowest BCUT2D eigenvalue weighted by atomic mass is 9.91. The predicted octanol–water partition coefficient (Wildman–Crippen LogP) is 1.19. The molecular formula is C13H28N2O2S. The van der Waals surface area contributed by atoms with E-state index in [1.165, 1.54) is 18.6 Å². The number of rotatable bonds is 8. The van der Waals surface area contributed by atoms with E-state index in [0.29, 0.717) is 6.04 Å². The van der Waals surface area contributed by atoms with Gasteiger partial charge in [0.25, 0.3) is 0 Å². The lowest BCUT2D eigenvalue weighted by molar-refractivity contribution is 0.00459. The van der Waals surface area contributed by atoms with Gasteiger partial charge >= 0.3 is 0 Å². The van der Waals surface area contributed by atoms with Crippen LogP contribution in [0.1, 0.15) is 19.8 Å². The average molecular weight is 276 g/mol. The summed E-state index contributed by atoms with van der Waals surface area (Å²) in [4.78, 5) is 2.51. The zero-order valence-electron chi connectivity index (χ0n) is 12.0. The Kier molecular flexibility index (Phi) is 7.56. The largest absolute Gasteiger partial charge is 0.383 e. The summed E-state index contributed by atoms with van der Waals surface area (Å²) >= 11 is 2.02. The van der Waals surface area contributed by atoms with Crippen LogP contribution in [0.2, 0.25) is 0 Å². The van der Waals surface area contributed by atoms with Crippen LogP contribution in [0.15, 0.2) is 0 Å². The third-order valence-electron chi connectivity index (χ3n) is 3.77. The van der Waals surface area contributed by atoms with Crippen molar-refractivity contribution in [2.45, 2.75) is 31.3 Å². The summed E-state index contributed by atoms with van der Waals surface area (Å²) in [6, 6.07) is 0.382. The summed E-state index contributed by atoms with van der Waals surface area (Å²) in [5.74, 6) is 2.39. The van der Waals surface area contributed by atoms with Gasteiger partial charge < -0.3 is 15.2 Å². The van der Waals surface area contributed by atoms with Crippen molar-refractivity contribution in [3.63, 3.8) is 0 Å². The molecule has 1 aliphatic rings. The van der Waals surface area contributed by atoms with Crippen molar-refractivity contribution < 1.29 is 9.47 Å². The molecule has 0 aromatic carbocycles. The first-order valence-electron chi connectivity index (χ1n) is 6.72. The number of hydrogen-bond donors (Lipinski definition) is 1. The maximum Gasteiger partial charge on any atom is 0.0615 e. The van der Waals surface area contributed by atoms with E-state index in [0.717, 1.165) is 32.1 Å². The van der Waals surface area contributed by atoms with Gasteiger partial charge in [-0.1, -0.05) is 0 Å². The molecule has 1 aliphatic heterocycles. The standard InChI is InChI=1S/C13H28N2O2S/c1-12(9-17-3)15(6-7-16-2)13(10-14)5-4-8-18-11-13/h12H,4-11,14H2,1-3H3. The van der Waals surface area contributed by atoms with Crippen LogP contribution < -0.4 is 5.73 Å². The molecule has 1 heterocycles. The van der Waals surface area contributed by atoms with Crippen LogP contribution in [0.4, 0.5) is 0 Å². The van der Waals surface area contributed by atoms with Crippen molar-refractivity contribution in [2.75, 3.05) is 52.0 Å². The molecule has 2 unspecified atom stereocenters. The zero-order valence-corrected chi connectivity index (χ0v) is 12.8. The van der Waals surface area contributed by atoms with Crippen LogP contribution in [0.25, 0.3) is 0 Å². The van der Waals surface area contributed by atoms with Crippen LogP contribution in [0, 0.1) is 0 Å². The summed E-state index contributed by atoms with van der Waals surface area (Å²) < 4.78 is 10.6. The number of hydrogen-bond acceptors (Lipinski definition) is 5. The second-order valence-corrected chi connectivity index (χ2v) is 6.18. The molecule has 0 aromatic rings. The number of methoxy groups -OCH3 is 2. The third-order valence-corrected chi connectivity index (χ3v) is 5.09. The Hall–Kier alpha value is 0.190. The molecule has 4 nitrogen and oxygen atoms in total.